The lowest BCUT2D eigenvalue weighted by molar-refractivity contribution is -0.178. The van der Waals surface area contributed by atoms with Crippen molar-refractivity contribution < 1.29 is 23.2 Å². The van der Waals surface area contributed by atoms with Gasteiger partial charge in [0.25, 0.3) is 0 Å². The summed E-state index contributed by atoms with van der Waals surface area (Å²) < 4.78 is 12.1. The van der Waals surface area contributed by atoms with Crippen LogP contribution in [0.1, 0.15) is 0 Å². The van der Waals surface area contributed by atoms with Crippen LogP contribution >= 0.6 is 0 Å². The number of rotatable bonds is 3. The maximum Gasteiger partial charge on any atom is 0.701 e. The highest BCUT2D eigenvalue weighted by Gasteiger charge is 2.35. The summed E-state index contributed by atoms with van der Waals surface area (Å²) in [6, 6.07) is 0. The first-order valence-corrected chi connectivity index (χ1v) is 4.37. The fourth-order valence-electron chi connectivity index (χ4n) is 0.143. The Morgan fingerprint density at radius 1 is 1.50 bits per heavy atom. The fraction of sp³-hybridized carbons (Fsp3) is 1.00. The van der Waals surface area contributed by atoms with Gasteiger partial charge in [0.15, 0.2) is 10.5 Å². The van der Waals surface area contributed by atoms with Crippen LogP contribution in [0.15, 0.2) is 0 Å². The summed E-state index contributed by atoms with van der Waals surface area (Å²) in [5.41, 5.74) is 0. The van der Waals surface area contributed by atoms with Gasteiger partial charge in [-0.2, -0.15) is 0 Å². The Balaban J connectivity index is 3.37. The van der Waals surface area contributed by atoms with Crippen molar-refractivity contribution in [1.82, 2.24) is 0 Å². The van der Waals surface area contributed by atoms with Crippen LogP contribution in [-0.4, -0.2) is 36.2 Å². The summed E-state index contributed by atoms with van der Waals surface area (Å²) in [4.78, 5) is 16.9. The Kier molecular flexibility index (Phi) is 3.39. The average Bonchev–Trinajstić information content (AvgIpc) is 1.67. The van der Waals surface area contributed by atoms with E-state index in [1.807, 2.05) is 0 Å². The van der Waals surface area contributed by atoms with Crippen LogP contribution in [0.4, 0.5) is 0 Å². The second kappa shape index (κ2) is 3.30. The van der Waals surface area contributed by atoms with Gasteiger partial charge in [0.1, 0.15) is 0 Å². The molecule has 0 radical (unpaired) electrons. The largest absolute Gasteiger partial charge is 0.701 e. The molecule has 0 saturated carbocycles. The Morgan fingerprint density at radius 3 is 2.12 bits per heavy atom. The smallest absolute Gasteiger partial charge is 0.366 e. The summed E-state index contributed by atoms with van der Waals surface area (Å²) >= 11 is 0. The van der Waals surface area contributed by atoms with Gasteiger partial charge in [-0.05, 0) is 0 Å². The molecule has 0 fully saturated rings. The third-order valence-corrected chi connectivity index (χ3v) is 1.87. The van der Waals surface area contributed by atoms with E-state index >= 15 is 0 Å². The van der Waals surface area contributed by atoms with Crippen molar-refractivity contribution in [2.24, 2.45) is 0 Å². The van der Waals surface area contributed by atoms with Crippen molar-refractivity contribution in [2.75, 3.05) is 7.11 Å². The molecular formula is CH8O5Si2. The zero-order valence-corrected chi connectivity index (χ0v) is 7.62. The molecule has 5 nitrogen and oxygen atoms in total. The Hall–Kier alpha value is 0.234. The van der Waals surface area contributed by atoms with Crippen LogP contribution in [0.2, 0.25) is 0 Å². The number of hydrogen-bond acceptors (Lipinski definition) is 5. The lowest BCUT2D eigenvalue weighted by Crippen LogP contribution is -2.41. The van der Waals surface area contributed by atoms with E-state index in [4.69, 9.17) is 9.59 Å². The van der Waals surface area contributed by atoms with Crippen molar-refractivity contribution in [2.45, 2.75) is 0 Å². The topological polar surface area (TPSA) is 68.2 Å². The lowest BCUT2D eigenvalue weighted by Gasteiger charge is -2.10. The van der Waals surface area contributed by atoms with E-state index in [-0.39, 0.29) is 10.5 Å². The van der Waals surface area contributed by atoms with Crippen LogP contribution in [0.25, 0.3) is 0 Å². The normalized spacial score (nSPS) is 12.4. The van der Waals surface area contributed by atoms with E-state index in [0.717, 1.165) is 7.11 Å². The van der Waals surface area contributed by atoms with Gasteiger partial charge in [0, 0.05) is 7.11 Å². The van der Waals surface area contributed by atoms with Gasteiger partial charge in [-0.1, -0.05) is 0 Å². The van der Waals surface area contributed by atoms with Crippen molar-refractivity contribution in [3.05, 3.63) is 0 Å². The Morgan fingerprint density at radius 2 is 2.00 bits per heavy atom. The molecule has 0 aromatic carbocycles. The van der Waals surface area contributed by atoms with Crippen molar-refractivity contribution in [3.63, 3.8) is 0 Å². The molecule has 0 saturated heterocycles. The maximum absolute atomic E-state index is 8.47. The molecule has 50 valence electrons. The molecule has 0 heterocycles. The van der Waals surface area contributed by atoms with Crippen molar-refractivity contribution >= 4 is 19.5 Å². The second-order valence-corrected chi connectivity index (χ2v) is 3.01. The zero-order valence-electron chi connectivity index (χ0n) is 4.62. The standard InChI is InChI=1S/CH8O5Si2/c1-4-8(2,3)6-5-7/h2-3H,1,7H3. The first kappa shape index (κ1) is 8.23. The van der Waals surface area contributed by atoms with E-state index in [2.05, 4.69) is 13.6 Å². The molecule has 0 bridgehead atoms. The Bertz CT molecular complexity index is 63.4. The molecule has 0 amide bonds. The van der Waals surface area contributed by atoms with Gasteiger partial charge in [-0.25, -0.2) is 4.58 Å². The summed E-state index contributed by atoms with van der Waals surface area (Å²) in [5.74, 6) is 0. The monoisotopic (exact) mass is 156 g/mol. The molecule has 0 rings (SSSR count). The predicted octanol–water partition coefficient (Wildman–Crippen LogP) is -2.72. The molecule has 0 aliphatic rings. The van der Waals surface area contributed by atoms with E-state index in [1.165, 1.54) is 0 Å². The third kappa shape index (κ3) is 3.26. The lowest BCUT2D eigenvalue weighted by atomic mass is 11.8. The van der Waals surface area contributed by atoms with E-state index in [0.29, 0.717) is 0 Å². The van der Waals surface area contributed by atoms with Crippen LogP contribution in [0.3, 0.4) is 0 Å². The SMILES string of the molecule is CO[Si](O)(O)OO[SiH3]. The molecule has 0 aromatic rings. The van der Waals surface area contributed by atoms with Crippen LogP contribution in [-0.2, 0) is 13.6 Å². The molecule has 0 unspecified atom stereocenters. The van der Waals surface area contributed by atoms with Crippen molar-refractivity contribution in [3.8, 4) is 0 Å². The highest BCUT2D eigenvalue weighted by atomic mass is 28.4. The quantitative estimate of drug-likeness (QED) is 0.264. The predicted molar refractivity (Wildman–Crippen MR) is 29.3 cm³/mol. The van der Waals surface area contributed by atoms with Gasteiger partial charge >= 0.3 is 9.05 Å². The molecule has 0 aromatic heterocycles. The summed E-state index contributed by atoms with van der Waals surface area (Å²) in [7, 11) is -2.45. The summed E-state index contributed by atoms with van der Waals surface area (Å²) in [6.45, 7) is 0. The van der Waals surface area contributed by atoms with E-state index < -0.39 is 9.05 Å². The third-order valence-electron chi connectivity index (χ3n) is 0.458. The highest BCUT2D eigenvalue weighted by molar-refractivity contribution is 6.50. The van der Waals surface area contributed by atoms with Gasteiger partial charge in [0.2, 0.25) is 0 Å². The van der Waals surface area contributed by atoms with Crippen LogP contribution < -0.4 is 0 Å². The minimum absolute atomic E-state index is 0.287. The molecule has 0 atom stereocenters. The molecule has 7 heteroatoms. The van der Waals surface area contributed by atoms with Crippen LogP contribution in [0.5, 0.6) is 0 Å². The van der Waals surface area contributed by atoms with E-state index in [9.17, 15) is 0 Å². The fourth-order valence-corrected chi connectivity index (χ4v) is 1.08. The molecule has 2 N–H and O–H groups in total. The Labute approximate surface area is 50.8 Å². The summed E-state index contributed by atoms with van der Waals surface area (Å²) in [6.07, 6.45) is 0. The molecule has 0 spiro atoms. The maximum atomic E-state index is 8.47. The first-order valence-electron chi connectivity index (χ1n) is 1.84. The molecule has 8 heavy (non-hydrogen) atoms. The first-order chi connectivity index (χ1) is 3.62. The average molecular weight is 156 g/mol. The number of hydrogen-bond donors (Lipinski definition) is 2. The summed E-state index contributed by atoms with van der Waals surface area (Å²) in [5, 5.41) is 0. The van der Waals surface area contributed by atoms with E-state index in [1.54, 1.807) is 0 Å². The van der Waals surface area contributed by atoms with Gasteiger partial charge < -0.3 is 18.6 Å². The molecule has 0 aliphatic heterocycles. The highest BCUT2D eigenvalue weighted by Crippen LogP contribution is 1.93. The van der Waals surface area contributed by atoms with Gasteiger partial charge in [-0.15, -0.1) is 0 Å². The minimum atomic E-state index is -3.86. The molecule has 0 aliphatic carbocycles. The minimum Gasteiger partial charge on any atom is -0.366 e. The molecular weight excluding hydrogens is 148 g/mol. The second-order valence-electron chi connectivity index (χ2n) is 1.00. The van der Waals surface area contributed by atoms with Crippen LogP contribution in [0, 0.1) is 0 Å². The van der Waals surface area contributed by atoms with Crippen molar-refractivity contribution in [1.29, 1.82) is 0 Å². The van der Waals surface area contributed by atoms with Gasteiger partial charge in [-0.3, -0.25) is 0 Å². The van der Waals surface area contributed by atoms with Gasteiger partial charge in [0.05, 0.1) is 0 Å². The zero-order chi connectivity index (χ0) is 6.62.